The van der Waals surface area contributed by atoms with Gasteiger partial charge in [0, 0.05) is 25.5 Å². The van der Waals surface area contributed by atoms with E-state index >= 15 is 0 Å². The summed E-state index contributed by atoms with van der Waals surface area (Å²) in [6.45, 7) is 2.47. The molecule has 2 aromatic heterocycles. The minimum Gasteiger partial charge on any atom is -0.397 e. The van der Waals surface area contributed by atoms with Crippen LogP contribution in [0.4, 0.5) is 10.7 Å². The highest BCUT2D eigenvalue weighted by molar-refractivity contribution is 7.17. The van der Waals surface area contributed by atoms with Gasteiger partial charge in [-0.25, -0.2) is 0 Å². The maximum atomic E-state index is 9.08. The lowest BCUT2D eigenvalue weighted by atomic mass is 10.1. The highest BCUT2D eigenvalue weighted by Crippen LogP contribution is 2.50. The van der Waals surface area contributed by atoms with E-state index in [0.29, 0.717) is 41.2 Å². The first-order valence-corrected chi connectivity index (χ1v) is 7.36. The van der Waals surface area contributed by atoms with E-state index in [1.165, 1.54) is 11.3 Å². The van der Waals surface area contributed by atoms with E-state index in [9.17, 15) is 0 Å². The molecule has 0 aromatic carbocycles. The van der Waals surface area contributed by atoms with Crippen molar-refractivity contribution in [2.75, 3.05) is 17.6 Å². The van der Waals surface area contributed by atoms with Crippen molar-refractivity contribution in [2.45, 2.75) is 32.1 Å². The molecule has 1 aliphatic rings. The minimum absolute atomic E-state index is 0.517. The topological polar surface area (TPSA) is 101 Å². The Kier molecular flexibility index (Phi) is 3.32. The highest BCUT2D eigenvalue weighted by atomic mass is 32.1. The molecule has 3 rings (SSSR count). The highest BCUT2D eigenvalue weighted by Gasteiger charge is 2.31. The van der Waals surface area contributed by atoms with Crippen LogP contribution in [0.1, 0.15) is 40.9 Å². The number of aromatic nitrogens is 2. The number of rotatable bonds is 5. The Bertz CT molecular complexity index is 665. The summed E-state index contributed by atoms with van der Waals surface area (Å²) >= 11 is 1.43. The number of nitrogens with one attached hydrogen (secondary N) is 1. The van der Waals surface area contributed by atoms with Crippen LogP contribution in [0, 0.1) is 18.3 Å². The van der Waals surface area contributed by atoms with Gasteiger partial charge in [0.05, 0.1) is 10.7 Å². The van der Waals surface area contributed by atoms with Gasteiger partial charge in [-0.2, -0.15) is 10.2 Å². The van der Waals surface area contributed by atoms with Gasteiger partial charge in [0.25, 0.3) is 0 Å². The molecule has 3 N–H and O–H groups in total. The molecule has 0 aliphatic heterocycles. The quantitative estimate of drug-likeness (QED) is 0.876. The summed E-state index contributed by atoms with van der Waals surface area (Å²) in [7, 11) is 0. The molecule has 0 radical (unpaired) electrons. The van der Waals surface area contributed by atoms with Crippen molar-refractivity contribution in [1.82, 2.24) is 10.1 Å². The van der Waals surface area contributed by atoms with Crippen LogP contribution in [-0.2, 0) is 6.42 Å². The Morgan fingerprint density at radius 1 is 1.55 bits per heavy atom. The second-order valence-electron chi connectivity index (χ2n) is 4.88. The molecule has 104 valence electrons. The number of nitrogen functional groups attached to an aromatic ring is 1. The zero-order chi connectivity index (χ0) is 14.1. The molecule has 2 heterocycles. The third-order valence-electron chi connectivity index (χ3n) is 3.27. The minimum atomic E-state index is 0.517. The summed E-state index contributed by atoms with van der Waals surface area (Å²) < 4.78 is 4.93. The summed E-state index contributed by atoms with van der Waals surface area (Å²) in [5.41, 5.74) is 7.82. The van der Waals surface area contributed by atoms with Gasteiger partial charge in [-0.3, -0.25) is 0 Å². The normalized spacial score (nSPS) is 14.2. The lowest BCUT2D eigenvalue weighted by Crippen LogP contribution is -2.06. The van der Waals surface area contributed by atoms with Crippen LogP contribution in [0.2, 0.25) is 0 Å². The van der Waals surface area contributed by atoms with Crippen molar-refractivity contribution >= 4 is 22.0 Å². The van der Waals surface area contributed by atoms with Crippen molar-refractivity contribution in [3.63, 3.8) is 0 Å². The fraction of sp³-hybridized carbons (Fsp3) is 0.462. The van der Waals surface area contributed by atoms with Crippen molar-refractivity contribution in [2.24, 2.45) is 0 Å². The van der Waals surface area contributed by atoms with E-state index in [1.54, 1.807) is 6.92 Å². The first-order chi connectivity index (χ1) is 9.69. The first kappa shape index (κ1) is 12.9. The number of nitriles is 1. The van der Waals surface area contributed by atoms with Crippen LogP contribution in [0.3, 0.4) is 0 Å². The molecule has 7 heteroatoms. The molecule has 0 amide bonds. The molecule has 0 unspecified atom stereocenters. The molecule has 1 aliphatic carbocycles. The summed E-state index contributed by atoms with van der Waals surface area (Å²) in [5.74, 6) is 1.78. The number of hydrogen-bond acceptors (Lipinski definition) is 7. The van der Waals surface area contributed by atoms with Gasteiger partial charge in [0.2, 0.25) is 5.89 Å². The maximum Gasteiger partial charge on any atom is 0.223 e. The molecule has 1 saturated carbocycles. The monoisotopic (exact) mass is 289 g/mol. The van der Waals surface area contributed by atoms with E-state index in [0.717, 1.165) is 23.4 Å². The van der Waals surface area contributed by atoms with Gasteiger partial charge in [-0.15, -0.1) is 11.3 Å². The molecule has 0 spiro atoms. The van der Waals surface area contributed by atoms with Crippen molar-refractivity contribution in [3.8, 4) is 6.07 Å². The molecule has 0 atom stereocenters. The second kappa shape index (κ2) is 5.13. The van der Waals surface area contributed by atoms with Gasteiger partial charge in [-0.1, -0.05) is 5.16 Å². The lowest BCUT2D eigenvalue weighted by Gasteiger charge is -2.05. The number of thiophene rings is 1. The largest absolute Gasteiger partial charge is 0.397 e. The van der Waals surface area contributed by atoms with Crippen LogP contribution >= 0.6 is 11.3 Å². The third kappa shape index (κ3) is 2.47. The van der Waals surface area contributed by atoms with Crippen LogP contribution in [0.5, 0.6) is 0 Å². The predicted molar refractivity (Wildman–Crippen MR) is 76.7 cm³/mol. The van der Waals surface area contributed by atoms with E-state index in [2.05, 4.69) is 21.5 Å². The number of anilines is 2. The van der Waals surface area contributed by atoms with Gasteiger partial charge in [-0.05, 0) is 18.8 Å². The van der Waals surface area contributed by atoms with E-state index in [1.807, 2.05) is 0 Å². The Labute approximate surface area is 120 Å². The van der Waals surface area contributed by atoms with Crippen LogP contribution in [0.15, 0.2) is 4.52 Å². The molecule has 1 fully saturated rings. The molecule has 0 saturated heterocycles. The summed E-state index contributed by atoms with van der Waals surface area (Å²) in [4.78, 5) is 4.76. The summed E-state index contributed by atoms with van der Waals surface area (Å²) in [6.07, 6.45) is 3.00. The van der Waals surface area contributed by atoms with E-state index < -0.39 is 0 Å². The molecule has 0 bridgehead atoms. The Morgan fingerprint density at radius 3 is 2.95 bits per heavy atom. The molecule has 20 heavy (non-hydrogen) atoms. The van der Waals surface area contributed by atoms with E-state index in [4.69, 9.17) is 15.5 Å². The second-order valence-corrected chi connectivity index (χ2v) is 5.90. The van der Waals surface area contributed by atoms with E-state index in [-0.39, 0.29) is 0 Å². The standard InChI is InChI=1S/C13H15N5OS/c1-7-17-10(18-19-7)4-5-16-13-11(8-2-3-8)12(15)9(6-14)20-13/h8,16H,2-5,15H2,1H3. The lowest BCUT2D eigenvalue weighted by molar-refractivity contribution is 0.387. The fourth-order valence-corrected chi connectivity index (χ4v) is 3.21. The SMILES string of the molecule is Cc1nc(CCNc2sc(C#N)c(N)c2C2CC2)no1. The zero-order valence-electron chi connectivity index (χ0n) is 11.1. The number of aryl methyl sites for hydroxylation is 1. The van der Waals surface area contributed by atoms with Gasteiger partial charge < -0.3 is 15.6 Å². The van der Waals surface area contributed by atoms with Crippen LogP contribution < -0.4 is 11.1 Å². The van der Waals surface area contributed by atoms with Crippen molar-refractivity contribution in [1.29, 1.82) is 5.26 Å². The Morgan fingerprint density at radius 2 is 2.35 bits per heavy atom. The van der Waals surface area contributed by atoms with Crippen LogP contribution in [-0.4, -0.2) is 16.7 Å². The predicted octanol–water partition coefficient (Wildman–Crippen LogP) is 2.43. The zero-order valence-corrected chi connectivity index (χ0v) is 12.0. The number of nitrogens with zero attached hydrogens (tertiary/aromatic N) is 3. The average Bonchev–Trinajstić information content (AvgIpc) is 3.10. The molecular weight excluding hydrogens is 274 g/mol. The van der Waals surface area contributed by atoms with Gasteiger partial charge in [0.1, 0.15) is 10.9 Å². The number of nitrogens with two attached hydrogens (primary N) is 1. The van der Waals surface area contributed by atoms with Gasteiger partial charge in [0.15, 0.2) is 5.82 Å². The molecular formula is C13H15N5OS. The first-order valence-electron chi connectivity index (χ1n) is 6.54. The van der Waals surface area contributed by atoms with Crippen LogP contribution in [0.25, 0.3) is 0 Å². The van der Waals surface area contributed by atoms with Crippen molar-refractivity contribution in [3.05, 3.63) is 22.2 Å². The average molecular weight is 289 g/mol. The molecule has 6 nitrogen and oxygen atoms in total. The smallest absolute Gasteiger partial charge is 0.223 e. The Hall–Kier alpha value is -2.07. The fourth-order valence-electron chi connectivity index (χ4n) is 2.18. The maximum absolute atomic E-state index is 9.08. The molecule has 2 aromatic rings. The Balaban J connectivity index is 1.69. The third-order valence-corrected chi connectivity index (χ3v) is 4.36. The van der Waals surface area contributed by atoms with Crippen molar-refractivity contribution < 1.29 is 4.52 Å². The van der Waals surface area contributed by atoms with Gasteiger partial charge >= 0.3 is 0 Å². The number of hydrogen-bond donors (Lipinski definition) is 2. The summed E-state index contributed by atoms with van der Waals surface area (Å²) in [5, 5.41) is 17.3. The summed E-state index contributed by atoms with van der Waals surface area (Å²) in [6, 6.07) is 2.16.